The van der Waals surface area contributed by atoms with E-state index in [1.807, 2.05) is 25.6 Å². The lowest BCUT2D eigenvalue weighted by molar-refractivity contribution is 0.741. The molecular weight excluding hydrogens is 300 g/mol. The first-order valence-electron chi connectivity index (χ1n) is 8.55. The lowest BCUT2D eigenvalue weighted by Gasteiger charge is -2.17. The Bertz CT molecular complexity index is 571. The lowest BCUT2D eigenvalue weighted by atomic mass is 10.1. The van der Waals surface area contributed by atoms with E-state index in [9.17, 15) is 0 Å². The summed E-state index contributed by atoms with van der Waals surface area (Å²) in [6.07, 6.45) is 5.51. The van der Waals surface area contributed by atoms with Crippen molar-refractivity contribution in [2.45, 2.75) is 45.9 Å². The number of hydrogen-bond donors (Lipinski definition) is 1. The molecule has 2 nitrogen and oxygen atoms in total. The minimum absolute atomic E-state index is 0.930. The number of aliphatic imine (C=N–C) groups is 1. The molecule has 0 saturated carbocycles. The zero-order valence-electron chi connectivity index (χ0n) is 15.1. The van der Waals surface area contributed by atoms with Crippen molar-refractivity contribution < 1.29 is 0 Å². The fourth-order valence-corrected chi connectivity index (χ4v) is 3.47. The summed E-state index contributed by atoms with van der Waals surface area (Å²) in [6.45, 7) is 12.3. The summed E-state index contributed by atoms with van der Waals surface area (Å²) < 4.78 is 0. The number of thioether (sulfide) groups is 1. The summed E-state index contributed by atoms with van der Waals surface area (Å²) in [5.74, 6) is 2.05. The van der Waals surface area contributed by atoms with Crippen molar-refractivity contribution in [2.75, 3.05) is 18.8 Å². The third-order valence-electron chi connectivity index (χ3n) is 3.71. The molecule has 0 amide bonds. The smallest absolute Gasteiger partial charge is 0.129 e. The summed E-state index contributed by atoms with van der Waals surface area (Å²) in [4.78, 5) is 5.93. The van der Waals surface area contributed by atoms with E-state index in [-0.39, 0.29) is 0 Å². The topological polar surface area (TPSA) is 24.4 Å². The SMILES string of the molecule is C/C=C(C)\C(=C/C)CSc1ccccc1C1=NCCCN1.CC. The highest BCUT2D eigenvalue weighted by atomic mass is 32.2. The maximum absolute atomic E-state index is 4.63. The van der Waals surface area contributed by atoms with Crippen LogP contribution in [0.25, 0.3) is 0 Å². The Morgan fingerprint density at radius 1 is 1.22 bits per heavy atom. The number of nitrogens with zero attached hydrogens (tertiary/aromatic N) is 1. The van der Waals surface area contributed by atoms with Crippen LogP contribution in [0.1, 0.15) is 46.6 Å². The summed E-state index contributed by atoms with van der Waals surface area (Å²) in [5, 5.41) is 3.42. The van der Waals surface area contributed by atoms with Gasteiger partial charge in [-0.1, -0.05) is 49.8 Å². The van der Waals surface area contributed by atoms with Crippen LogP contribution in [0.5, 0.6) is 0 Å². The van der Waals surface area contributed by atoms with E-state index >= 15 is 0 Å². The van der Waals surface area contributed by atoms with Crippen molar-refractivity contribution in [2.24, 2.45) is 4.99 Å². The zero-order chi connectivity index (χ0) is 17.1. The molecule has 0 unspecified atom stereocenters. The van der Waals surface area contributed by atoms with E-state index in [0.717, 1.165) is 31.1 Å². The largest absolute Gasteiger partial charge is 0.370 e. The standard InChI is InChI=1S/C18H24N2S.C2H6/c1-4-14(3)15(5-2)13-21-17-10-7-6-9-16(17)18-19-11-8-12-20-18;1-2/h4-7,9-10H,8,11-13H2,1-3H3,(H,19,20);1-2H3/b14-4-,15-5-;. The highest BCUT2D eigenvalue weighted by molar-refractivity contribution is 7.99. The zero-order valence-corrected chi connectivity index (χ0v) is 16.0. The first-order chi connectivity index (χ1) is 11.3. The molecule has 23 heavy (non-hydrogen) atoms. The minimum Gasteiger partial charge on any atom is -0.370 e. The van der Waals surface area contributed by atoms with E-state index in [0.29, 0.717) is 0 Å². The van der Waals surface area contributed by atoms with Crippen LogP contribution in [0.3, 0.4) is 0 Å². The molecule has 0 atom stereocenters. The van der Waals surface area contributed by atoms with Crippen molar-refractivity contribution in [3.8, 4) is 0 Å². The molecule has 0 radical (unpaired) electrons. The molecule has 1 heterocycles. The number of allylic oxidation sites excluding steroid dienone is 3. The first-order valence-corrected chi connectivity index (χ1v) is 9.53. The fraction of sp³-hybridized carbons (Fsp3) is 0.450. The van der Waals surface area contributed by atoms with Gasteiger partial charge in [0.15, 0.2) is 0 Å². The van der Waals surface area contributed by atoms with Crippen molar-refractivity contribution in [3.63, 3.8) is 0 Å². The molecule has 1 aromatic carbocycles. The quantitative estimate of drug-likeness (QED) is 0.573. The normalized spacial score (nSPS) is 15.3. The van der Waals surface area contributed by atoms with Crippen LogP contribution in [0, 0.1) is 0 Å². The van der Waals surface area contributed by atoms with Crippen molar-refractivity contribution in [3.05, 3.63) is 53.1 Å². The minimum atomic E-state index is 0.930. The lowest BCUT2D eigenvalue weighted by Crippen LogP contribution is -2.30. The second-order valence-electron chi connectivity index (χ2n) is 5.08. The number of hydrogen-bond acceptors (Lipinski definition) is 3. The molecule has 3 heteroatoms. The summed E-state index contributed by atoms with van der Waals surface area (Å²) in [7, 11) is 0. The predicted molar refractivity (Wildman–Crippen MR) is 106 cm³/mol. The Kier molecular flexibility index (Phi) is 9.46. The van der Waals surface area contributed by atoms with Crippen molar-refractivity contribution in [1.29, 1.82) is 0 Å². The number of benzene rings is 1. The maximum Gasteiger partial charge on any atom is 0.129 e. The van der Waals surface area contributed by atoms with Crippen LogP contribution in [-0.2, 0) is 0 Å². The Balaban J connectivity index is 0.00000127. The average Bonchev–Trinajstić information content (AvgIpc) is 2.64. The molecule has 1 aliphatic rings. The van der Waals surface area contributed by atoms with E-state index in [1.165, 1.54) is 21.6 Å². The Morgan fingerprint density at radius 2 is 1.96 bits per heavy atom. The summed E-state index contributed by atoms with van der Waals surface area (Å²) in [5.41, 5.74) is 3.99. The molecule has 0 aromatic heterocycles. The van der Waals surface area contributed by atoms with Gasteiger partial charge in [-0.25, -0.2) is 0 Å². The Labute approximate surface area is 146 Å². The van der Waals surface area contributed by atoms with E-state index in [4.69, 9.17) is 0 Å². The molecule has 0 bridgehead atoms. The van der Waals surface area contributed by atoms with Crippen LogP contribution in [-0.4, -0.2) is 24.7 Å². The van der Waals surface area contributed by atoms with Crippen LogP contribution in [0.2, 0.25) is 0 Å². The van der Waals surface area contributed by atoms with Gasteiger partial charge in [-0.15, -0.1) is 11.8 Å². The van der Waals surface area contributed by atoms with Crippen LogP contribution < -0.4 is 5.32 Å². The highest BCUT2D eigenvalue weighted by Gasteiger charge is 2.12. The van der Waals surface area contributed by atoms with E-state index < -0.39 is 0 Å². The molecule has 0 aliphatic carbocycles. The van der Waals surface area contributed by atoms with Gasteiger partial charge in [0.25, 0.3) is 0 Å². The molecular formula is C20H30N2S. The number of nitrogens with one attached hydrogen (secondary N) is 1. The Hall–Kier alpha value is -1.48. The average molecular weight is 331 g/mol. The fourth-order valence-electron chi connectivity index (χ4n) is 2.27. The predicted octanol–water partition coefficient (Wildman–Crippen LogP) is 5.46. The molecule has 2 rings (SSSR count). The van der Waals surface area contributed by atoms with Crippen molar-refractivity contribution >= 4 is 17.6 Å². The van der Waals surface area contributed by atoms with Gasteiger partial charge < -0.3 is 5.32 Å². The molecule has 0 saturated heterocycles. The molecule has 1 N–H and O–H groups in total. The van der Waals surface area contributed by atoms with Crippen LogP contribution in [0.15, 0.2) is 57.5 Å². The van der Waals surface area contributed by atoms with E-state index in [2.05, 4.69) is 67.5 Å². The van der Waals surface area contributed by atoms with Gasteiger partial charge in [0.2, 0.25) is 0 Å². The summed E-state index contributed by atoms with van der Waals surface area (Å²) >= 11 is 1.89. The van der Waals surface area contributed by atoms with Crippen LogP contribution in [0.4, 0.5) is 0 Å². The second kappa shape index (κ2) is 11.1. The van der Waals surface area contributed by atoms with Gasteiger partial charge in [-0.05, 0) is 38.8 Å². The molecule has 1 aromatic rings. The molecule has 0 spiro atoms. The monoisotopic (exact) mass is 330 g/mol. The Morgan fingerprint density at radius 3 is 2.57 bits per heavy atom. The van der Waals surface area contributed by atoms with Crippen molar-refractivity contribution in [1.82, 2.24) is 5.32 Å². The van der Waals surface area contributed by atoms with Gasteiger partial charge in [0.05, 0.1) is 0 Å². The van der Waals surface area contributed by atoms with Gasteiger partial charge >= 0.3 is 0 Å². The van der Waals surface area contributed by atoms with Gasteiger partial charge in [-0.3, -0.25) is 4.99 Å². The molecule has 126 valence electrons. The number of amidine groups is 1. The highest BCUT2D eigenvalue weighted by Crippen LogP contribution is 2.27. The summed E-state index contributed by atoms with van der Waals surface area (Å²) in [6, 6.07) is 8.55. The van der Waals surface area contributed by atoms with E-state index in [1.54, 1.807) is 0 Å². The third-order valence-corrected chi connectivity index (χ3v) is 4.83. The third kappa shape index (κ3) is 5.91. The molecule has 0 fully saturated rings. The first kappa shape index (κ1) is 19.6. The van der Waals surface area contributed by atoms with Gasteiger partial charge in [-0.2, -0.15) is 0 Å². The number of rotatable bonds is 5. The van der Waals surface area contributed by atoms with Crippen LogP contribution >= 0.6 is 11.8 Å². The maximum atomic E-state index is 4.63. The van der Waals surface area contributed by atoms with Gasteiger partial charge in [0, 0.05) is 29.3 Å². The molecule has 1 aliphatic heterocycles. The van der Waals surface area contributed by atoms with Gasteiger partial charge in [0.1, 0.15) is 5.84 Å². The second-order valence-corrected chi connectivity index (χ2v) is 6.10.